The molecule has 0 radical (unpaired) electrons. The fourth-order valence-corrected chi connectivity index (χ4v) is 3.40. The van der Waals surface area contributed by atoms with Gasteiger partial charge in [0.05, 0.1) is 11.9 Å². The number of ether oxygens (including phenoxy) is 1. The average molecular weight is 365 g/mol. The second-order valence-electron chi connectivity index (χ2n) is 7.01. The van der Waals surface area contributed by atoms with E-state index in [4.69, 9.17) is 9.15 Å². The summed E-state index contributed by atoms with van der Waals surface area (Å²) in [6, 6.07) is 9.42. The Balaban J connectivity index is 1.40. The summed E-state index contributed by atoms with van der Waals surface area (Å²) >= 11 is 0. The molecule has 1 aliphatic rings. The fraction of sp³-hybridized carbons (Fsp3) is 0.333. The molecular weight excluding hydrogens is 342 g/mol. The number of hydrogen-bond acceptors (Lipinski definition) is 5. The number of benzene rings is 1. The van der Waals surface area contributed by atoms with Crippen LogP contribution in [-0.4, -0.2) is 31.6 Å². The first-order valence-electron chi connectivity index (χ1n) is 9.20. The van der Waals surface area contributed by atoms with Crippen molar-refractivity contribution in [3.63, 3.8) is 0 Å². The molecular formula is C21H23N3O3. The lowest BCUT2D eigenvalue weighted by molar-refractivity contribution is -0.118. The van der Waals surface area contributed by atoms with E-state index in [9.17, 15) is 4.79 Å². The maximum atomic E-state index is 12.2. The number of hydrogen-bond donors (Lipinski definition) is 1. The molecule has 0 bridgehead atoms. The smallest absolute Gasteiger partial charge is 0.262 e. The van der Waals surface area contributed by atoms with Crippen LogP contribution < -0.4 is 15.0 Å². The molecule has 0 spiro atoms. The Morgan fingerprint density at radius 3 is 2.85 bits per heavy atom. The van der Waals surface area contributed by atoms with Crippen molar-refractivity contribution in [2.24, 2.45) is 0 Å². The van der Waals surface area contributed by atoms with Crippen molar-refractivity contribution in [1.29, 1.82) is 0 Å². The van der Waals surface area contributed by atoms with Crippen molar-refractivity contribution in [1.82, 2.24) is 4.98 Å². The molecule has 1 aliphatic carbocycles. The Hall–Kier alpha value is -3.02. The van der Waals surface area contributed by atoms with E-state index in [1.807, 2.05) is 49.3 Å². The van der Waals surface area contributed by atoms with Crippen molar-refractivity contribution in [3.05, 3.63) is 47.9 Å². The molecule has 27 heavy (non-hydrogen) atoms. The summed E-state index contributed by atoms with van der Waals surface area (Å²) in [6.07, 6.45) is 6.05. The first-order valence-corrected chi connectivity index (χ1v) is 9.20. The number of anilines is 2. The molecule has 0 saturated carbocycles. The zero-order chi connectivity index (χ0) is 18.8. The molecule has 2 heterocycles. The fourth-order valence-electron chi connectivity index (χ4n) is 3.40. The Morgan fingerprint density at radius 2 is 2.07 bits per heavy atom. The second kappa shape index (κ2) is 7.31. The third kappa shape index (κ3) is 3.74. The molecule has 0 saturated heterocycles. The molecule has 6 nitrogen and oxygen atoms in total. The number of pyridine rings is 1. The first kappa shape index (κ1) is 17.4. The summed E-state index contributed by atoms with van der Waals surface area (Å²) in [7, 11) is 3.84. The lowest BCUT2D eigenvalue weighted by atomic mass is 9.96. The lowest BCUT2D eigenvalue weighted by Gasteiger charge is -2.12. The molecule has 140 valence electrons. The number of furan rings is 1. The van der Waals surface area contributed by atoms with Crippen molar-refractivity contribution in [2.75, 3.05) is 30.9 Å². The SMILES string of the molecule is CN(C)c1ccc(NC(=O)COc2ccc3oc4c(c3c2)CCCC4)cn1. The molecule has 4 rings (SSSR count). The summed E-state index contributed by atoms with van der Waals surface area (Å²) in [4.78, 5) is 18.3. The maximum Gasteiger partial charge on any atom is 0.262 e. The van der Waals surface area contributed by atoms with Gasteiger partial charge in [-0.1, -0.05) is 0 Å². The minimum atomic E-state index is -0.219. The summed E-state index contributed by atoms with van der Waals surface area (Å²) < 4.78 is 11.6. The monoisotopic (exact) mass is 365 g/mol. The van der Waals surface area contributed by atoms with Gasteiger partial charge < -0.3 is 19.4 Å². The average Bonchev–Trinajstić information content (AvgIpc) is 3.05. The van der Waals surface area contributed by atoms with E-state index in [0.717, 1.165) is 35.4 Å². The van der Waals surface area contributed by atoms with Gasteiger partial charge in [-0.25, -0.2) is 4.98 Å². The van der Waals surface area contributed by atoms with Crippen LogP contribution in [-0.2, 0) is 17.6 Å². The summed E-state index contributed by atoms with van der Waals surface area (Å²) in [5, 5.41) is 3.90. The standard InChI is InChI=1S/C21H23N3O3/c1-24(2)20-10-7-14(12-22-20)23-21(25)13-26-15-8-9-19-17(11-15)16-5-3-4-6-18(16)27-19/h7-12H,3-6,13H2,1-2H3,(H,23,25). The Morgan fingerprint density at radius 1 is 1.22 bits per heavy atom. The number of aromatic nitrogens is 1. The zero-order valence-electron chi connectivity index (χ0n) is 15.6. The number of carbonyl (C=O) groups excluding carboxylic acids is 1. The van der Waals surface area contributed by atoms with Gasteiger partial charge in [0.2, 0.25) is 0 Å². The molecule has 0 atom stereocenters. The van der Waals surface area contributed by atoms with Crippen molar-refractivity contribution in [3.8, 4) is 5.75 Å². The number of amides is 1. The van der Waals surface area contributed by atoms with Crippen molar-refractivity contribution >= 4 is 28.4 Å². The number of aryl methyl sites for hydroxylation is 2. The van der Waals surface area contributed by atoms with E-state index < -0.39 is 0 Å². The van der Waals surface area contributed by atoms with E-state index in [0.29, 0.717) is 11.4 Å². The van der Waals surface area contributed by atoms with Crippen LogP contribution in [0.2, 0.25) is 0 Å². The van der Waals surface area contributed by atoms with E-state index in [1.165, 1.54) is 18.4 Å². The molecule has 0 unspecified atom stereocenters. The maximum absolute atomic E-state index is 12.2. The van der Waals surface area contributed by atoms with Gasteiger partial charge in [-0.2, -0.15) is 0 Å². The summed E-state index contributed by atoms with van der Waals surface area (Å²) in [5.74, 6) is 2.39. The molecule has 1 aromatic carbocycles. The van der Waals surface area contributed by atoms with E-state index >= 15 is 0 Å². The van der Waals surface area contributed by atoms with Crippen molar-refractivity contribution < 1.29 is 13.9 Å². The first-order chi connectivity index (χ1) is 13.1. The zero-order valence-corrected chi connectivity index (χ0v) is 15.6. The highest BCUT2D eigenvalue weighted by Gasteiger charge is 2.18. The third-order valence-electron chi connectivity index (χ3n) is 4.79. The predicted octanol–water partition coefficient (Wildman–Crippen LogP) is 3.79. The van der Waals surface area contributed by atoms with Gasteiger partial charge >= 0.3 is 0 Å². The molecule has 1 amide bonds. The molecule has 1 N–H and O–H groups in total. The summed E-state index contributed by atoms with van der Waals surface area (Å²) in [5.41, 5.74) is 2.83. The minimum Gasteiger partial charge on any atom is -0.484 e. The van der Waals surface area contributed by atoms with Crippen LogP contribution in [0.3, 0.4) is 0 Å². The Labute approximate surface area is 158 Å². The number of fused-ring (bicyclic) bond motifs is 3. The van der Waals surface area contributed by atoms with Crippen LogP contribution in [0.25, 0.3) is 11.0 Å². The topological polar surface area (TPSA) is 67.6 Å². The highest BCUT2D eigenvalue weighted by atomic mass is 16.5. The van der Waals surface area contributed by atoms with E-state index in [-0.39, 0.29) is 12.5 Å². The molecule has 3 aromatic rings. The van der Waals surface area contributed by atoms with E-state index in [1.54, 1.807) is 6.20 Å². The van der Waals surface area contributed by atoms with Crippen LogP contribution in [0, 0.1) is 0 Å². The van der Waals surface area contributed by atoms with Crippen LogP contribution >= 0.6 is 0 Å². The van der Waals surface area contributed by atoms with Gasteiger partial charge in [0.1, 0.15) is 22.9 Å². The van der Waals surface area contributed by atoms with Gasteiger partial charge in [-0.3, -0.25) is 4.79 Å². The number of nitrogens with one attached hydrogen (secondary N) is 1. The Kier molecular flexibility index (Phi) is 4.71. The largest absolute Gasteiger partial charge is 0.484 e. The quantitative estimate of drug-likeness (QED) is 0.745. The molecule has 6 heteroatoms. The van der Waals surface area contributed by atoms with E-state index in [2.05, 4.69) is 10.3 Å². The Bertz CT molecular complexity index is 961. The minimum absolute atomic E-state index is 0.0546. The number of nitrogens with zero attached hydrogens (tertiary/aromatic N) is 2. The normalized spacial score (nSPS) is 13.3. The summed E-state index contributed by atoms with van der Waals surface area (Å²) in [6.45, 7) is -0.0546. The second-order valence-corrected chi connectivity index (χ2v) is 7.01. The van der Waals surface area contributed by atoms with Crippen LogP contribution in [0.4, 0.5) is 11.5 Å². The van der Waals surface area contributed by atoms with Gasteiger partial charge in [-0.05, 0) is 49.6 Å². The van der Waals surface area contributed by atoms with Crippen molar-refractivity contribution in [2.45, 2.75) is 25.7 Å². The van der Waals surface area contributed by atoms with Gasteiger partial charge in [0.15, 0.2) is 6.61 Å². The predicted molar refractivity (Wildman–Crippen MR) is 106 cm³/mol. The van der Waals surface area contributed by atoms with Crippen LogP contribution in [0.1, 0.15) is 24.2 Å². The lowest BCUT2D eigenvalue weighted by Crippen LogP contribution is -2.20. The van der Waals surface area contributed by atoms with Gasteiger partial charge in [0, 0.05) is 31.5 Å². The van der Waals surface area contributed by atoms with Gasteiger partial charge in [-0.15, -0.1) is 0 Å². The number of rotatable bonds is 5. The molecule has 0 aliphatic heterocycles. The number of carbonyl (C=O) groups is 1. The highest BCUT2D eigenvalue weighted by Crippen LogP contribution is 2.33. The molecule has 2 aromatic heterocycles. The van der Waals surface area contributed by atoms with Crippen LogP contribution in [0.15, 0.2) is 40.9 Å². The molecule has 0 fully saturated rings. The highest BCUT2D eigenvalue weighted by molar-refractivity contribution is 5.92. The van der Waals surface area contributed by atoms with Crippen LogP contribution in [0.5, 0.6) is 5.75 Å². The third-order valence-corrected chi connectivity index (χ3v) is 4.79. The van der Waals surface area contributed by atoms with Gasteiger partial charge in [0.25, 0.3) is 5.91 Å².